The Morgan fingerprint density at radius 1 is 1.10 bits per heavy atom. The quantitative estimate of drug-likeness (QED) is 0.324. The molecule has 1 heterocycles. The van der Waals surface area contributed by atoms with Crippen molar-refractivity contribution >= 4 is 22.7 Å². The van der Waals surface area contributed by atoms with Crippen molar-refractivity contribution < 1.29 is 23.5 Å². The minimum atomic E-state index is -0.583. The third-order valence-corrected chi connectivity index (χ3v) is 4.82. The van der Waals surface area contributed by atoms with Crippen LogP contribution in [0.1, 0.15) is 53.7 Å². The van der Waals surface area contributed by atoms with Gasteiger partial charge in [-0.05, 0) is 55.2 Å². The van der Waals surface area contributed by atoms with Crippen molar-refractivity contribution in [3.05, 3.63) is 75.1 Å². The van der Waals surface area contributed by atoms with Gasteiger partial charge in [-0.1, -0.05) is 26.0 Å². The van der Waals surface area contributed by atoms with Crippen LogP contribution in [0.5, 0.6) is 5.75 Å². The molecule has 0 aliphatic rings. The van der Waals surface area contributed by atoms with E-state index in [2.05, 4.69) is 13.8 Å². The van der Waals surface area contributed by atoms with Crippen LogP contribution in [0.2, 0.25) is 0 Å². The number of benzene rings is 2. The van der Waals surface area contributed by atoms with E-state index in [1.54, 1.807) is 24.3 Å². The topological polar surface area (TPSA) is 82.8 Å². The van der Waals surface area contributed by atoms with Crippen LogP contribution in [-0.2, 0) is 16.1 Å². The standard InChI is InChI=1S/C24H24O6/c1-14(2)20-11-21-18(10-23(26)30-22(21)8-15(20)3)12-29-24(27)13-28-19-7-5-6-17(9-19)16(4)25/h5-11,14H,12-13H2,1-4H3. The second-order valence-electron chi connectivity index (χ2n) is 7.48. The maximum Gasteiger partial charge on any atom is 0.344 e. The van der Waals surface area contributed by atoms with Gasteiger partial charge < -0.3 is 13.9 Å². The maximum atomic E-state index is 12.1. The normalized spacial score (nSPS) is 11.0. The third kappa shape index (κ3) is 4.95. The van der Waals surface area contributed by atoms with Gasteiger partial charge in [0.25, 0.3) is 0 Å². The first-order valence-corrected chi connectivity index (χ1v) is 9.71. The van der Waals surface area contributed by atoms with Gasteiger partial charge in [-0.15, -0.1) is 0 Å². The highest BCUT2D eigenvalue weighted by molar-refractivity contribution is 5.94. The zero-order valence-corrected chi connectivity index (χ0v) is 17.5. The van der Waals surface area contributed by atoms with Crippen LogP contribution in [0.15, 0.2) is 51.7 Å². The molecule has 0 bridgehead atoms. The molecule has 0 spiro atoms. The van der Waals surface area contributed by atoms with Gasteiger partial charge in [-0.25, -0.2) is 9.59 Å². The SMILES string of the molecule is CC(=O)c1cccc(OCC(=O)OCc2cc(=O)oc3cc(C)c(C(C)C)cc23)c1. The number of hydrogen-bond acceptors (Lipinski definition) is 6. The Hall–Kier alpha value is -3.41. The fraction of sp³-hybridized carbons (Fsp3) is 0.292. The molecule has 3 aromatic rings. The summed E-state index contributed by atoms with van der Waals surface area (Å²) < 4.78 is 16.0. The fourth-order valence-electron chi connectivity index (χ4n) is 3.28. The molecule has 0 fully saturated rings. The summed E-state index contributed by atoms with van der Waals surface area (Å²) in [6, 6.07) is 11.7. The van der Waals surface area contributed by atoms with Crippen molar-refractivity contribution in [2.24, 2.45) is 0 Å². The lowest BCUT2D eigenvalue weighted by Crippen LogP contribution is -2.15. The number of esters is 1. The molecular formula is C24H24O6. The Bertz CT molecular complexity index is 1160. The molecule has 6 nitrogen and oxygen atoms in total. The molecule has 1 aromatic heterocycles. The first kappa shape index (κ1) is 21.3. The zero-order valence-electron chi connectivity index (χ0n) is 17.5. The molecule has 3 rings (SSSR count). The number of ether oxygens (including phenoxy) is 2. The monoisotopic (exact) mass is 408 g/mol. The molecule has 0 saturated heterocycles. The van der Waals surface area contributed by atoms with Crippen molar-refractivity contribution in [2.45, 2.75) is 40.2 Å². The van der Waals surface area contributed by atoms with Crippen molar-refractivity contribution in [3.63, 3.8) is 0 Å². The van der Waals surface area contributed by atoms with Crippen LogP contribution in [-0.4, -0.2) is 18.4 Å². The van der Waals surface area contributed by atoms with Crippen molar-refractivity contribution in [2.75, 3.05) is 6.61 Å². The lowest BCUT2D eigenvalue weighted by molar-refractivity contribution is -0.147. The van der Waals surface area contributed by atoms with Gasteiger partial charge >= 0.3 is 11.6 Å². The molecule has 6 heteroatoms. The average Bonchev–Trinajstić information content (AvgIpc) is 2.69. The van der Waals surface area contributed by atoms with Gasteiger partial charge in [0.15, 0.2) is 12.4 Å². The van der Waals surface area contributed by atoms with E-state index in [0.717, 1.165) is 16.5 Å². The molecule has 0 saturated carbocycles. The minimum Gasteiger partial charge on any atom is -0.482 e. The molecule has 2 aromatic carbocycles. The predicted octanol–water partition coefficient (Wildman–Crippen LogP) is 4.55. The fourth-order valence-corrected chi connectivity index (χ4v) is 3.28. The highest BCUT2D eigenvalue weighted by Gasteiger charge is 2.13. The Morgan fingerprint density at radius 2 is 1.87 bits per heavy atom. The van der Waals surface area contributed by atoms with Crippen LogP contribution >= 0.6 is 0 Å². The molecule has 156 valence electrons. The molecule has 0 aliphatic heterocycles. The number of aryl methyl sites for hydroxylation is 1. The first-order valence-electron chi connectivity index (χ1n) is 9.71. The number of ketones is 1. The number of rotatable bonds is 7. The Labute approximate surface area is 174 Å². The second kappa shape index (κ2) is 8.95. The minimum absolute atomic E-state index is 0.0711. The van der Waals surface area contributed by atoms with Gasteiger partial charge in [0.2, 0.25) is 0 Å². The van der Waals surface area contributed by atoms with Gasteiger partial charge in [0, 0.05) is 22.6 Å². The highest BCUT2D eigenvalue weighted by atomic mass is 16.6. The largest absolute Gasteiger partial charge is 0.482 e. The van der Waals surface area contributed by atoms with Gasteiger partial charge in [0.1, 0.15) is 17.9 Å². The van der Waals surface area contributed by atoms with E-state index in [9.17, 15) is 14.4 Å². The van der Waals surface area contributed by atoms with Gasteiger partial charge in [-0.2, -0.15) is 0 Å². The number of carbonyl (C=O) groups excluding carboxylic acids is 2. The summed E-state index contributed by atoms with van der Waals surface area (Å²) in [6.45, 7) is 7.23. The van der Waals surface area contributed by atoms with Gasteiger partial charge in [0.05, 0.1) is 0 Å². The molecule has 0 N–H and O–H groups in total. The third-order valence-electron chi connectivity index (χ3n) is 4.82. The van der Waals surface area contributed by atoms with Crippen LogP contribution in [0.25, 0.3) is 11.0 Å². The molecule has 30 heavy (non-hydrogen) atoms. The lowest BCUT2D eigenvalue weighted by atomic mass is 9.95. The van der Waals surface area contributed by atoms with Gasteiger partial charge in [-0.3, -0.25) is 4.79 Å². The van der Waals surface area contributed by atoms with Crippen molar-refractivity contribution in [3.8, 4) is 5.75 Å². The number of fused-ring (bicyclic) bond motifs is 1. The summed E-state index contributed by atoms with van der Waals surface area (Å²) >= 11 is 0. The van der Waals surface area contributed by atoms with E-state index >= 15 is 0 Å². The van der Waals surface area contributed by atoms with E-state index in [1.165, 1.54) is 13.0 Å². The zero-order chi connectivity index (χ0) is 21.8. The maximum absolute atomic E-state index is 12.1. The Kier molecular flexibility index (Phi) is 6.35. The summed E-state index contributed by atoms with van der Waals surface area (Å²) in [4.78, 5) is 35.5. The highest BCUT2D eigenvalue weighted by Crippen LogP contribution is 2.27. The number of carbonyl (C=O) groups is 2. The van der Waals surface area contributed by atoms with E-state index in [4.69, 9.17) is 13.9 Å². The average molecular weight is 408 g/mol. The summed E-state index contributed by atoms with van der Waals surface area (Å²) in [7, 11) is 0. The Morgan fingerprint density at radius 3 is 2.57 bits per heavy atom. The Balaban J connectivity index is 1.72. The van der Waals surface area contributed by atoms with E-state index in [1.807, 2.05) is 19.1 Å². The van der Waals surface area contributed by atoms with E-state index < -0.39 is 11.6 Å². The molecule has 0 unspecified atom stereocenters. The first-order chi connectivity index (χ1) is 14.2. The van der Waals surface area contributed by atoms with Crippen LogP contribution in [0, 0.1) is 6.92 Å². The summed E-state index contributed by atoms with van der Waals surface area (Å²) in [5.74, 6) is 0.0352. The molecule has 0 atom stereocenters. The molecular weight excluding hydrogens is 384 g/mol. The molecule has 0 aliphatic carbocycles. The summed E-state index contributed by atoms with van der Waals surface area (Å²) in [5, 5.41) is 0.742. The van der Waals surface area contributed by atoms with Crippen LogP contribution in [0.4, 0.5) is 0 Å². The van der Waals surface area contributed by atoms with Crippen molar-refractivity contribution in [1.82, 2.24) is 0 Å². The second-order valence-corrected chi connectivity index (χ2v) is 7.48. The van der Waals surface area contributed by atoms with Crippen molar-refractivity contribution in [1.29, 1.82) is 0 Å². The van der Waals surface area contributed by atoms with E-state index in [-0.39, 0.29) is 19.0 Å². The lowest BCUT2D eigenvalue weighted by Gasteiger charge is -2.13. The van der Waals surface area contributed by atoms with Crippen LogP contribution in [0.3, 0.4) is 0 Å². The number of hydrogen-bond donors (Lipinski definition) is 0. The smallest absolute Gasteiger partial charge is 0.344 e. The number of Topliss-reactive ketones (excluding diaryl/α,β-unsaturated/α-hetero) is 1. The van der Waals surface area contributed by atoms with Crippen LogP contribution < -0.4 is 10.4 Å². The molecule has 0 radical (unpaired) electrons. The summed E-state index contributed by atoms with van der Waals surface area (Å²) in [6.07, 6.45) is 0. The van der Waals surface area contributed by atoms with E-state index in [0.29, 0.717) is 28.4 Å². The predicted molar refractivity (Wildman–Crippen MR) is 113 cm³/mol. The molecule has 0 amide bonds. The summed E-state index contributed by atoms with van der Waals surface area (Å²) in [5.41, 5.74) is 3.22.